The first-order valence-electron chi connectivity index (χ1n) is 5.59. The summed E-state index contributed by atoms with van der Waals surface area (Å²) in [5.74, 6) is -0.792. The number of esters is 1. The summed E-state index contributed by atoms with van der Waals surface area (Å²) >= 11 is 6.37. The van der Waals surface area contributed by atoms with Gasteiger partial charge in [0, 0.05) is 5.69 Å². The quantitative estimate of drug-likeness (QED) is 0.671. The van der Waals surface area contributed by atoms with E-state index < -0.39 is 5.97 Å². The van der Waals surface area contributed by atoms with Crippen LogP contribution in [0.1, 0.15) is 9.67 Å². The molecule has 2 aromatic rings. The lowest BCUT2D eigenvalue weighted by atomic mass is 10.3. The number of nitrogens with one attached hydrogen (secondary N) is 2. The maximum absolute atomic E-state index is 13.0. The van der Waals surface area contributed by atoms with Gasteiger partial charge < -0.3 is 15.4 Å². The van der Waals surface area contributed by atoms with Gasteiger partial charge in [0.25, 0.3) is 0 Å². The number of carbonyl (C=O) groups is 1. The van der Waals surface area contributed by atoms with E-state index in [0.717, 1.165) is 0 Å². The highest BCUT2D eigenvalue weighted by Gasteiger charge is 2.14. The molecule has 0 spiro atoms. The molecule has 104 valence electrons. The highest BCUT2D eigenvalue weighted by atomic mass is 32.1. The van der Waals surface area contributed by atoms with Crippen molar-refractivity contribution in [3.05, 3.63) is 46.4 Å². The van der Waals surface area contributed by atoms with E-state index in [4.69, 9.17) is 12.2 Å². The average molecular weight is 310 g/mol. The van der Waals surface area contributed by atoms with Crippen molar-refractivity contribution in [2.24, 2.45) is 0 Å². The lowest BCUT2D eigenvalue weighted by molar-refractivity contribution is 0.0607. The van der Waals surface area contributed by atoms with E-state index in [9.17, 15) is 9.18 Å². The summed E-state index contributed by atoms with van der Waals surface area (Å²) < 4.78 is 17.7. The molecule has 0 bridgehead atoms. The maximum atomic E-state index is 13.0. The molecular formula is C13H11FN2O2S2. The summed E-state index contributed by atoms with van der Waals surface area (Å²) in [5, 5.41) is 7.73. The molecule has 0 atom stereocenters. The molecule has 7 heteroatoms. The van der Waals surface area contributed by atoms with Crippen molar-refractivity contribution >= 4 is 46.0 Å². The minimum atomic E-state index is -0.434. The number of benzene rings is 1. The van der Waals surface area contributed by atoms with Crippen LogP contribution in [0.3, 0.4) is 0 Å². The largest absolute Gasteiger partial charge is 0.465 e. The molecule has 0 aliphatic rings. The van der Waals surface area contributed by atoms with Crippen molar-refractivity contribution in [1.29, 1.82) is 0 Å². The Morgan fingerprint density at radius 3 is 2.85 bits per heavy atom. The van der Waals surface area contributed by atoms with Crippen LogP contribution in [-0.4, -0.2) is 18.2 Å². The number of ether oxygens (including phenoxy) is 1. The molecule has 0 fully saturated rings. The zero-order valence-corrected chi connectivity index (χ0v) is 12.1. The van der Waals surface area contributed by atoms with Crippen molar-refractivity contribution in [2.75, 3.05) is 17.7 Å². The van der Waals surface area contributed by atoms with E-state index in [1.54, 1.807) is 23.6 Å². The summed E-state index contributed by atoms with van der Waals surface area (Å²) in [5.41, 5.74) is 1.08. The summed E-state index contributed by atoms with van der Waals surface area (Å²) in [4.78, 5) is 11.9. The Balaban J connectivity index is 2.05. The summed E-state index contributed by atoms with van der Waals surface area (Å²) in [6.45, 7) is 0. The number of carbonyl (C=O) groups excluding carboxylic acids is 1. The van der Waals surface area contributed by atoms with Crippen molar-refractivity contribution in [3.63, 3.8) is 0 Å². The summed E-state index contributed by atoms with van der Waals surface area (Å²) in [6, 6.07) is 7.64. The molecule has 20 heavy (non-hydrogen) atoms. The van der Waals surface area contributed by atoms with Gasteiger partial charge in [-0.05, 0) is 41.9 Å². The molecule has 4 nitrogen and oxygen atoms in total. The average Bonchev–Trinajstić information content (AvgIpc) is 2.85. The topological polar surface area (TPSA) is 50.4 Å². The number of hydrogen-bond donors (Lipinski definition) is 2. The van der Waals surface area contributed by atoms with Crippen LogP contribution in [0.2, 0.25) is 0 Å². The fourth-order valence-electron chi connectivity index (χ4n) is 1.51. The molecule has 1 aromatic carbocycles. The van der Waals surface area contributed by atoms with Crippen LogP contribution in [0.25, 0.3) is 0 Å². The molecule has 1 aromatic heterocycles. The van der Waals surface area contributed by atoms with Crippen LogP contribution < -0.4 is 10.6 Å². The van der Waals surface area contributed by atoms with Crippen LogP contribution in [0.5, 0.6) is 0 Å². The van der Waals surface area contributed by atoms with Gasteiger partial charge in [-0.2, -0.15) is 0 Å². The van der Waals surface area contributed by atoms with Crippen LogP contribution in [0, 0.1) is 5.82 Å². The second kappa shape index (κ2) is 6.44. The smallest absolute Gasteiger partial charge is 0.350 e. The minimum Gasteiger partial charge on any atom is -0.465 e. The number of methoxy groups -OCH3 is 1. The zero-order chi connectivity index (χ0) is 14.5. The van der Waals surface area contributed by atoms with Crippen molar-refractivity contribution in [2.45, 2.75) is 0 Å². The van der Waals surface area contributed by atoms with Gasteiger partial charge in [0.15, 0.2) is 5.11 Å². The molecule has 2 N–H and O–H groups in total. The van der Waals surface area contributed by atoms with Gasteiger partial charge in [0.05, 0.1) is 12.8 Å². The van der Waals surface area contributed by atoms with Crippen LogP contribution in [0.15, 0.2) is 35.7 Å². The van der Waals surface area contributed by atoms with E-state index >= 15 is 0 Å². The van der Waals surface area contributed by atoms with Gasteiger partial charge in [-0.1, -0.05) is 6.07 Å². The van der Waals surface area contributed by atoms with E-state index in [2.05, 4.69) is 15.4 Å². The van der Waals surface area contributed by atoms with Gasteiger partial charge in [0.2, 0.25) is 0 Å². The summed E-state index contributed by atoms with van der Waals surface area (Å²) in [6.07, 6.45) is 0. The van der Waals surface area contributed by atoms with Crippen molar-refractivity contribution in [1.82, 2.24) is 0 Å². The fraction of sp³-hybridized carbons (Fsp3) is 0.0769. The predicted molar refractivity (Wildman–Crippen MR) is 81.9 cm³/mol. The molecule has 0 aliphatic carbocycles. The third-order valence-corrected chi connectivity index (χ3v) is 3.47. The Kier molecular flexibility index (Phi) is 4.65. The van der Waals surface area contributed by atoms with E-state index in [1.165, 1.54) is 30.6 Å². The van der Waals surface area contributed by atoms with Gasteiger partial charge in [-0.25, -0.2) is 9.18 Å². The molecule has 0 saturated heterocycles. The van der Waals surface area contributed by atoms with Crippen LogP contribution >= 0.6 is 23.6 Å². The van der Waals surface area contributed by atoms with E-state index in [-0.39, 0.29) is 10.9 Å². The first-order chi connectivity index (χ1) is 9.60. The highest BCUT2D eigenvalue weighted by molar-refractivity contribution is 7.80. The van der Waals surface area contributed by atoms with Gasteiger partial charge in [0.1, 0.15) is 10.7 Å². The molecule has 0 aliphatic heterocycles. The van der Waals surface area contributed by atoms with E-state index in [0.29, 0.717) is 16.3 Å². The van der Waals surface area contributed by atoms with Gasteiger partial charge in [-0.3, -0.25) is 0 Å². The normalized spacial score (nSPS) is 9.90. The second-order valence-corrected chi connectivity index (χ2v) is 5.07. The number of hydrogen-bond acceptors (Lipinski definition) is 4. The molecular weight excluding hydrogens is 299 g/mol. The summed E-state index contributed by atoms with van der Waals surface area (Å²) in [7, 11) is 1.31. The SMILES string of the molecule is COC(=O)c1sccc1NC(=S)Nc1cccc(F)c1. The van der Waals surface area contributed by atoms with Crippen LogP contribution in [0.4, 0.5) is 15.8 Å². The predicted octanol–water partition coefficient (Wildman–Crippen LogP) is 3.48. The molecule has 2 rings (SSSR count). The molecule has 0 unspecified atom stereocenters. The Morgan fingerprint density at radius 1 is 1.35 bits per heavy atom. The Labute approximate surface area is 124 Å². The van der Waals surface area contributed by atoms with Gasteiger partial charge >= 0.3 is 5.97 Å². The third kappa shape index (κ3) is 3.52. The number of thiocarbonyl (C=S) groups is 1. The Morgan fingerprint density at radius 2 is 2.15 bits per heavy atom. The van der Waals surface area contributed by atoms with Crippen molar-refractivity contribution in [3.8, 4) is 0 Å². The standard InChI is InChI=1S/C13H11FN2O2S2/c1-18-12(17)11-10(5-6-20-11)16-13(19)15-9-4-2-3-8(14)7-9/h2-7H,1H3,(H2,15,16,19). The number of anilines is 2. The monoisotopic (exact) mass is 310 g/mol. The highest BCUT2D eigenvalue weighted by Crippen LogP contribution is 2.23. The lowest BCUT2D eigenvalue weighted by Gasteiger charge is -2.10. The number of rotatable bonds is 3. The number of halogens is 1. The fourth-order valence-corrected chi connectivity index (χ4v) is 2.50. The minimum absolute atomic E-state index is 0.263. The van der Waals surface area contributed by atoms with Gasteiger partial charge in [-0.15, -0.1) is 11.3 Å². The number of thiophene rings is 1. The molecule has 0 radical (unpaired) electrons. The lowest BCUT2D eigenvalue weighted by Crippen LogP contribution is -2.20. The van der Waals surface area contributed by atoms with E-state index in [1.807, 2.05) is 0 Å². The zero-order valence-electron chi connectivity index (χ0n) is 10.5. The third-order valence-electron chi connectivity index (χ3n) is 2.37. The Bertz CT molecular complexity index is 643. The van der Waals surface area contributed by atoms with Crippen LogP contribution in [-0.2, 0) is 4.74 Å². The first kappa shape index (κ1) is 14.4. The van der Waals surface area contributed by atoms with Crippen molar-refractivity contribution < 1.29 is 13.9 Å². The Hall–Kier alpha value is -1.99. The molecule has 0 amide bonds. The molecule has 1 heterocycles. The molecule has 0 saturated carbocycles. The maximum Gasteiger partial charge on any atom is 0.350 e. The first-order valence-corrected chi connectivity index (χ1v) is 6.88. The second-order valence-electron chi connectivity index (χ2n) is 3.74.